The van der Waals surface area contributed by atoms with Crippen molar-refractivity contribution in [1.29, 1.82) is 0 Å². The molecule has 0 aliphatic carbocycles. The van der Waals surface area contributed by atoms with Crippen molar-refractivity contribution >= 4 is 10.0 Å². The molecule has 1 aromatic heterocycles. The standard InChI is InChI=1S/C18H25N3O5S/c1-5-8-16(14(3)6-2)15(4)20-27(24,25)12-7-11-26-13-21-10-9-17(22)19-18(21)23/h2,5,8-10,15,20H,7,11-13H2,1,3-4H3,(H,19,22,23)/b8-5-,16-14-/t15-/m1/s1. The summed E-state index contributed by atoms with van der Waals surface area (Å²) in [4.78, 5) is 24.5. The molecule has 148 valence electrons. The zero-order valence-electron chi connectivity index (χ0n) is 15.7. The number of terminal acetylenes is 1. The Balaban J connectivity index is 2.52. The van der Waals surface area contributed by atoms with Gasteiger partial charge in [0, 0.05) is 30.5 Å². The fourth-order valence-electron chi connectivity index (χ4n) is 2.31. The van der Waals surface area contributed by atoms with Crippen molar-refractivity contribution in [3.63, 3.8) is 0 Å². The maximum Gasteiger partial charge on any atom is 0.330 e. The van der Waals surface area contributed by atoms with Crippen molar-refractivity contribution in [1.82, 2.24) is 14.3 Å². The van der Waals surface area contributed by atoms with Gasteiger partial charge in [-0.1, -0.05) is 18.1 Å². The lowest BCUT2D eigenvalue weighted by Crippen LogP contribution is -2.36. The zero-order valence-corrected chi connectivity index (χ0v) is 16.5. The Morgan fingerprint density at radius 2 is 2.19 bits per heavy atom. The predicted molar refractivity (Wildman–Crippen MR) is 105 cm³/mol. The number of allylic oxidation sites excluding steroid dienone is 2. The van der Waals surface area contributed by atoms with E-state index in [9.17, 15) is 18.0 Å². The molecule has 0 saturated heterocycles. The number of rotatable bonds is 10. The van der Waals surface area contributed by atoms with Crippen LogP contribution in [0.2, 0.25) is 0 Å². The Bertz CT molecular complexity index is 948. The summed E-state index contributed by atoms with van der Waals surface area (Å²) in [6.45, 7) is 5.38. The van der Waals surface area contributed by atoms with Crippen molar-refractivity contribution < 1.29 is 13.2 Å². The van der Waals surface area contributed by atoms with Crippen molar-refractivity contribution in [3.05, 3.63) is 56.4 Å². The molecule has 1 atom stereocenters. The van der Waals surface area contributed by atoms with Crippen LogP contribution in [0.4, 0.5) is 0 Å². The van der Waals surface area contributed by atoms with Gasteiger partial charge in [-0.3, -0.25) is 14.3 Å². The molecule has 0 aliphatic rings. The predicted octanol–water partition coefficient (Wildman–Crippen LogP) is 0.735. The molecule has 0 saturated carbocycles. The summed E-state index contributed by atoms with van der Waals surface area (Å²) in [5.74, 6) is 2.39. The smallest absolute Gasteiger partial charge is 0.330 e. The quantitative estimate of drug-likeness (QED) is 0.345. The Kier molecular flexibility index (Phi) is 8.94. The van der Waals surface area contributed by atoms with Crippen LogP contribution in [0, 0.1) is 12.3 Å². The molecule has 0 bridgehead atoms. The van der Waals surface area contributed by atoms with Crippen molar-refractivity contribution in [2.24, 2.45) is 0 Å². The third-order valence-electron chi connectivity index (χ3n) is 3.65. The fourth-order valence-corrected chi connectivity index (χ4v) is 3.59. The van der Waals surface area contributed by atoms with Crippen molar-refractivity contribution in [2.45, 2.75) is 40.0 Å². The maximum absolute atomic E-state index is 12.2. The van der Waals surface area contributed by atoms with Gasteiger partial charge in [-0.25, -0.2) is 17.9 Å². The molecule has 8 nitrogen and oxygen atoms in total. The number of hydrogen-bond acceptors (Lipinski definition) is 5. The number of nitrogens with one attached hydrogen (secondary N) is 2. The largest absolute Gasteiger partial charge is 0.361 e. The van der Waals surface area contributed by atoms with E-state index in [-0.39, 0.29) is 25.5 Å². The fraction of sp³-hybridized carbons (Fsp3) is 0.444. The first-order chi connectivity index (χ1) is 12.7. The molecule has 0 unspecified atom stereocenters. The minimum absolute atomic E-state index is 0.0744. The lowest BCUT2D eigenvalue weighted by Gasteiger charge is -2.17. The topological polar surface area (TPSA) is 110 Å². The molecule has 0 aromatic carbocycles. The summed E-state index contributed by atoms with van der Waals surface area (Å²) in [6.07, 6.45) is 10.5. The molecule has 2 N–H and O–H groups in total. The molecule has 9 heteroatoms. The molecule has 27 heavy (non-hydrogen) atoms. The molecule has 0 amide bonds. The normalized spacial score (nSPS) is 14.0. The van der Waals surface area contributed by atoms with Crippen LogP contribution in [0.5, 0.6) is 0 Å². The number of sulfonamides is 1. The second-order valence-electron chi connectivity index (χ2n) is 5.85. The van der Waals surface area contributed by atoms with Crippen LogP contribution in [-0.2, 0) is 21.5 Å². The molecular formula is C18H25N3O5S. The molecule has 1 heterocycles. The van der Waals surface area contributed by atoms with Crippen LogP contribution >= 0.6 is 0 Å². The van der Waals surface area contributed by atoms with Crippen LogP contribution in [-0.4, -0.2) is 36.4 Å². The van der Waals surface area contributed by atoms with Gasteiger partial charge in [-0.05, 0) is 32.8 Å². The van der Waals surface area contributed by atoms with Gasteiger partial charge < -0.3 is 4.74 Å². The van der Waals surface area contributed by atoms with Crippen LogP contribution < -0.4 is 16.0 Å². The summed E-state index contributed by atoms with van der Waals surface area (Å²) in [5, 5.41) is 0. The average Bonchev–Trinajstić information content (AvgIpc) is 2.59. The molecule has 0 fully saturated rings. The Hall–Kier alpha value is -2.41. The number of aromatic nitrogens is 2. The number of aromatic amines is 1. The maximum atomic E-state index is 12.2. The lowest BCUT2D eigenvalue weighted by atomic mass is 10.0. The average molecular weight is 395 g/mol. The summed E-state index contributed by atoms with van der Waals surface area (Å²) in [6, 6.07) is 0.747. The number of nitrogens with zero attached hydrogens (tertiary/aromatic N) is 1. The van der Waals surface area contributed by atoms with Gasteiger partial charge in [0.25, 0.3) is 5.56 Å². The Morgan fingerprint density at radius 1 is 1.48 bits per heavy atom. The van der Waals surface area contributed by atoms with E-state index >= 15 is 0 Å². The first-order valence-corrected chi connectivity index (χ1v) is 10.0. The van der Waals surface area contributed by atoms with Crippen molar-refractivity contribution in [3.8, 4) is 12.3 Å². The second-order valence-corrected chi connectivity index (χ2v) is 7.73. The van der Waals surface area contributed by atoms with E-state index in [4.69, 9.17) is 11.2 Å². The van der Waals surface area contributed by atoms with Gasteiger partial charge in [-0.15, -0.1) is 6.42 Å². The zero-order chi connectivity index (χ0) is 20.4. The van der Waals surface area contributed by atoms with E-state index in [1.165, 1.54) is 16.8 Å². The monoisotopic (exact) mass is 395 g/mol. The first kappa shape index (κ1) is 22.6. The van der Waals surface area contributed by atoms with Gasteiger partial charge in [0.15, 0.2) is 0 Å². The summed E-state index contributed by atoms with van der Waals surface area (Å²) in [7, 11) is -3.53. The van der Waals surface area contributed by atoms with Crippen LogP contribution in [0.1, 0.15) is 27.2 Å². The molecule has 1 rings (SSSR count). The Labute approximate surface area is 159 Å². The van der Waals surface area contributed by atoms with Crippen LogP contribution in [0.3, 0.4) is 0 Å². The minimum atomic E-state index is -3.53. The number of H-pyrrole nitrogens is 1. The van der Waals surface area contributed by atoms with Gasteiger partial charge in [0.05, 0.1) is 5.75 Å². The highest BCUT2D eigenvalue weighted by Crippen LogP contribution is 2.12. The molecule has 0 aliphatic heterocycles. The third-order valence-corrected chi connectivity index (χ3v) is 5.19. The highest BCUT2D eigenvalue weighted by Gasteiger charge is 2.17. The third kappa shape index (κ3) is 7.78. The van der Waals surface area contributed by atoms with E-state index < -0.39 is 27.3 Å². The number of ether oxygens (including phenoxy) is 1. The highest BCUT2D eigenvalue weighted by atomic mass is 32.2. The number of hydrogen-bond donors (Lipinski definition) is 2. The van der Waals surface area contributed by atoms with Crippen LogP contribution in [0.15, 0.2) is 45.2 Å². The van der Waals surface area contributed by atoms with Crippen molar-refractivity contribution in [2.75, 3.05) is 12.4 Å². The summed E-state index contributed by atoms with van der Waals surface area (Å²) >= 11 is 0. The van der Waals surface area contributed by atoms with Crippen LogP contribution in [0.25, 0.3) is 0 Å². The minimum Gasteiger partial charge on any atom is -0.361 e. The van der Waals surface area contributed by atoms with E-state index in [1.807, 2.05) is 6.92 Å². The SMILES string of the molecule is C#C/C(C)=C(/C=C\C)[C@@H](C)NS(=O)(=O)CCCOCn1ccc(=O)[nH]c1=O. The molecule has 1 aromatic rings. The van der Waals surface area contributed by atoms with Gasteiger partial charge in [0.2, 0.25) is 10.0 Å². The molecule has 0 spiro atoms. The summed E-state index contributed by atoms with van der Waals surface area (Å²) < 4.78 is 33.5. The first-order valence-electron chi connectivity index (χ1n) is 8.37. The molecular weight excluding hydrogens is 370 g/mol. The van der Waals surface area contributed by atoms with Gasteiger partial charge in [0.1, 0.15) is 6.73 Å². The van der Waals surface area contributed by atoms with E-state index in [1.54, 1.807) is 26.0 Å². The van der Waals surface area contributed by atoms with Gasteiger partial charge >= 0.3 is 5.69 Å². The Morgan fingerprint density at radius 3 is 2.78 bits per heavy atom. The van der Waals surface area contributed by atoms with Gasteiger partial charge in [-0.2, -0.15) is 0 Å². The lowest BCUT2D eigenvalue weighted by molar-refractivity contribution is 0.0744. The second kappa shape index (κ2) is 10.7. The van der Waals surface area contributed by atoms with E-state index in [2.05, 4.69) is 15.6 Å². The van der Waals surface area contributed by atoms with E-state index in [0.29, 0.717) is 5.57 Å². The summed E-state index contributed by atoms with van der Waals surface area (Å²) in [5.41, 5.74) is 0.321. The highest BCUT2D eigenvalue weighted by molar-refractivity contribution is 7.89. The molecule has 0 radical (unpaired) electrons. The van der Waals surface area contributed by atoms with E-state index in [0.717, 1.165) is 5.57 Å².